The van der Waals surface area contributed by atoms with E-state index in [-0.39, 0.29) is 5.91 Å². The first kappa shape index (κ1) is 12.8. The Kier molecular flexibility index (Phi) is 4.80. The number of likely N-dealkylation sites (N-methyl/N-ethyl adjacent to an activating group) is 1. The van der Waals surface area contributed by atoms with E-state index in [1.807, 2.05) is 0 Å². The van der Waals surface area contributed by atoms with Gasteiger partial charge in [0.05, 0.1) is 6.54 Å². The molecular weight excluding hydrogens is 214 g/mol. The molecule has 0 aliphatic heterocycles. The van der Waals surface area contributed by atoms with E-state index in [4.69, 9.17) is 0 Å². The average Bonchev–Trinajstić information content (AvgIpc) is 2.96. The van der Waals surface area contributed by atoms with Gasteiger partial charge >= 0.3 is 0 Å². The molecule has 2 saturated carbocycles. The third-order valence-electron chi connectivity index (χ3n) is 3.82. The van der Waals surface area contributed by atoms with Crippen LogP contribution in [-0.4, -0.2) is 49.6 Å². The summed E-state index contributed by atoms with van der Waals surface area (Å²) in [5.74, 6) is 0.149. The van der Waals surface area contributed by atoms with Crippen molar-refractivity contribution in [1.29, 1.82) is 0 Å². The molecule has 2 aliphatic carbocycles. The molecule has 0 aromatic heterocycles. The molecule has 0 unspecified atom stereocenters. The maximum atomic E-state index is 11.4. The molecule has 98 valence electrons. The zero-order chi connectivity index (χ0) is 12.1. The molecule has 2 rings (SSSR count). The van der Waals surface area contributed by atoms with Crippen LogP contribution in [0.5, 0.6) is 0 Å². The van der Waals surface area contributed by atoms with Crippen molar-refractivity contribution in [3.63, 3.8) is 0 Å². The molecule has 0 bridgehead atoms. The summed E-state index contributed by atoms with van der Waals surface area (Å²) in [6.07, 6.45) is 7.78. The van der Waals surface area contributed by atoms with Crippen molar-refractivity contribution < 1.29 is 4.79 Å². The van der Waals surface area contributed by atoms with Crippen molar-refractivity contribution in [3.05, 3.63) is 0 Å². The molecule has 2 aliphatic rings. The van der Waals surface area contributed by atoms with Crippen molar-refractivity contribution in [2.24, 2.45) is 0 Å². The Morgan fingerprint density at radius 3 is 2.59 bits per heavy atom. The Morgan fingerprint density at radius 1 is 1.24 bits per heavy atom. The maximum absolute atomic E-state index is 11.4. The van der Waals surface area contributed by atoms with Crippen molar-refractivity contribution in [3.8, 4) is 0 Å². The van der Waals surface area contributed by atoms with E-state index < -0.39 is 0 Å². The molecule has 4 heteroatoms. The van der Waals surface area contributed by atoms with Gasteiger partial charge in [0.1, 0.15) is 0 Å². The van der Waals surface area contributed by atoms with E-state index in [9.17, 15) is 4.79 Å². The third-order valence-corrected chi connectivity index (χ3v) is 3.82. The van der Waals surface area contributed by atoms with Crippen molar-refractivity contribution in [2.45, 2.75) is 50.6 Å². The Morgan fingerprint density at radius 2 is 1.94 bits per heavy atom. The molecule has 2 N–H and O–H groups in total. The van der Waals surface area contributed by atoms with Crippen LogP contribution in [0.2, 0.25) is 0 Å². The van der Waals surface area contributed by atoms with Gasteiger partial charge in [-0.05, 0) is 32.7 Å². The van der Waals surface area contributed by atoms with E-state index in [1.165, 1.54) is 25.7 Å². The van der Waals surface area contributed by atoms with Gasteiger partial charge in [0, 0.05) is 25.2 Å². The molecule has 17 heavy (non-hydrogen) atoms. The number of hydrogen-bond donors (Lipinski definition) is 2. The second-order valence-electron chi connectivity index (χ2n) is 5.44. The Hall–Kier alpha value is -0.610. The first-order chi connectivity index (χ1) is 8.25. The van der Waals surface area contributed by atoms with Crippen LogP contribution >= 0.6 is 0 Å². The number of hydrogen-bond acceptors (Lipinski definition) is 3. The molecule has 0 saturated heterocycles. The van der Waals surface area contributed by atoms with Gasteiger partial charge in [-0.1, -0.05) is 12.8 Å². The molecular formula is C13H25N3O. The number of rotatable bonds is 7. The molecule has 1 amide bonds. The van der Waals surface area contributed by atoms with E-state index in [0.717, 1.165) is 32.0 Å². The zero-order valence-electron chi connectivity index (χ0n) is 10.9. The lowest BCUT2D eigenvalue weighted by molar-refractivity contribution is -0.120. The molecule has 0 spiro atoms. The topological polar surface area (TPSA) is 44.4 Å². The van der Waals surface area contributed by atoms with Crippen LogP contribution in [0.15, 0.2) is 0 Å². The van der Waals surface area contributed by atoms with Crippen LogP contribution in [-0.2, 0) is 4.79 Å². The van der Waals surface area contributed by atoms with Crippen LogP contribution in [0, 0.1) is 0 Å². The summed E-state index contributed by atoms with van der Waals surface area (Å²) in [6, 6.07) is 1.25. The highest BCUT2D eigenvalue weighted by Gasteiger charge is 2.23. The maximum Gasteiger partial charge on any atom is 0.234 e. The second kappa shape index (κ2) is 6.36. The van der Waals surface area contributed by atoms with Crippen LogP contribution in [0.4, 0.5) is 0 Å². The Labute approximate surface area is 104 Å². The number of nitrogens with one attached hydrogen (secondary N) is 2. The highest BCUT2D eigenvalue weighted by molar-refractivity contribution is 5.78. The number of nitrogens with zero attached hydrogens (tertiary/aromatic N) is 1. The quantitative estimate of drug-likeness (QED) is 0.644. The minimum atomic E-state index is 0.149. The van der Waals surface area contributed by atoms with Crippen molar-refractivity contribution in [1.82, 2.24) is 15.5 Å². The summed E-state index contributed by atoms with van der Waals surface area (Å²) in [6.45, 7) is 2.42. The molecule has 0 heterocycles. The van der Waals surface area contributed by atoms with Gasteiger partial charge in [0.15, 0.2) is 0 Å². The summed E-state index contributed by atoms with van der Waals surface area (Å²) in [7, 11) is 2.20. The van der Waals surface area contributed by atoms with Gasteiger partial charge in [0.25, 0.3) is 0 Å². The summed E-state index contributed by atoms with van der Waals surface area (Å²) in [5, 5.41) is 6.20. The summed E-state index contributed by atoms with van der Waals surface area (Å²) in [5.41, 5.74) is 0. The van der Waals surface area contributed by atoms with Gasteiger partial charge in [-0.25, -0.2) is 0 Å². The van der Waals surface area contributed by atoms with Gasteiger partial charge in [-0.15, -0.1) is 0 Å². The summed E-state index contributed by atoms with van der Waals surface area (Å²) < 4.78 is 0. The van der Waals surface area contributed by atoms with Crippen LogP contribution in [0.1, 0.15) is 38.5 Å². The van der Waals surface area contributed by atoms with E-state index in [2.05, 4.69) is 22.6 Å². The van der Waals surface area contributed by atoms with Crippen molar-refractivity contribution >= 4 is 5.91 Å². The first-order valence-electron chi connectivity index (χ1n) is 6.96. The first-order valence-corrected chi connectivity index (χ1v) is 6.96. The fourth-order valence-electron chi connectivity index (χ4n) is 2.49. The lowest BCUT2D eigenvalue weighted by Gasteiger charge is -2.23. The molecule has 0 radical (unpaired) electrons. The van der Waals surface area contributed by atoms with Gasteiger partial charge < -0.3 is 15.5 Å². The van der Waals surface area contributed by atoms with Crippen LogP contribution < -0.4 is 10.6 Å². The smallest absolute Gasteiger partial charge is 0.234 e. The van der Waals surface area contributed by atoms with Gasteiger partial charge in [-0.3, -0.25) is 4.79 Å². The molecule has 0 aromatic carbocycles. The minimum absolute atomic E-state index is 0.149. The number of amides is 1. The molecule has 0 atom stereocenters. The number of carbonyl (C=O) groups excluding carboxylic acids is 1. The normalized spacial score (nSPS) is 21.1. The van der Waals surface area contributed by atoms with E-state index >= 15 is 0 Å². The zero-order valence-corrected chi connectivity index (χ0v) is 10.9. The van der Waals surface area contributed by atoms with Gasteiger partial charge in [0.2, 0.25) is 5.91 Å². The van der Waals surface area contributed by atoms with E-state index in [0.29, 0.717) is 12.6 Å². The lowest BCUT2D eigenvalue weighted by atomic mass is 10.2. The number of carbonyl (C=O) groups is 1. The lowest BCUT2D eigenvalue weighted by Crippen LogP contribution is -2.40. The average molecular weight is 239 g/mol. The van der Waals surface area contributed by atoms with Crippen molar-refractivity contribution in [2.75, 3.05) is 26.7 Å². The van der Waals surface area contributed by atoms with Crippen LogP contribution in [0.25, 0.3) is 0 Å². The largest absolute Gasteiger partial charge is 0.352 e. The monoisotopic (exact) mass is 239 g/mol. The van der Waals surface area contributed by atoms with Gasteiger partial charge in [-0.2, -0.15) is 0 Å². The second-order valence-corrected chi connectivity index (χ2v) is 5.44. The SMILES string of the molecule is CN(CCNCC(=O)NC1CC1)C1CCCC1. The Balaban J connectivity index is 1.48. The van der Waals surface area contributed by atoms with E-state index in [1.54, 1.807) is 0 Å². The highest BCUT2D eigenvalue weighted by atomic mass is 16.2. The predicted octanol–water partition coefficient (Wildman–Crippen LogP) is 0.729. The predicted molar refractivity (Wildman–Crippen MR) is 68.9 cm³/mol. The minimum Gasteiger partial charge on any atom is -0.352 e. The molecule has 0 aromatic rings. The summed E-state index contributed by atoms with van der Waals surface area (Å²) >= 11 is 0. The summed E-state index contributed by atoms with van der Waals surface area (Å²) in [4.78, 5) is 13.8. The van der Waals surface area contributed by atoms with Crippen LogP contribution in [0.3, 0.4) is 0 Å². The standard InChI is InChI=1S/C13H25N3O/c1-16(12-4-2-3-5-12)9-8-14-10-13(17)15-11-6-7-11/h11-12,14H,2-10H2,1H3,(H,15,17). The molecule has 4 nitrogen and oxygen atoms in total. The fraction of sp³-hybridized carbons (Fsp3) is 0.923. The highest BCUT2D eigenvalue weighted by Crippen LogP contribution is 2.21. The third kappa shape index (κ3) is 4.64. The molecule has 2 fully saturated rings. The Bertz CT molecular complexity index is 247. The fourth-order valence-corrected chi connectivity index (χ4v) is 2.49.